The van der Waals surface area contributed by atoms with Crippen LogP contribution in [0.5, 0.6) is 0 Å². The van der Waals surface area contributed by atoms with E-state index in [0.29, 0.717) is 18.7 Å². The van der Waals surface area contributed by atoms with Gasteiger partial charge in [-0.2, -0.15) is 4.31 Å². The monoisotopic (exact) mass is 493 g/mol. The van der Waals surface area contributed by atoms with Crippen LogP contribution in [-0.4, -0.2) is 68.7 Å². The second-order valence-electron chi connectivity index (χ2n) is 7.33. The van der Waals surface area contributed by atoms with Crippen molar-refractivity contribution in [1.82, 2.24) is 14.5 Å². The van der Waals surface area contributed by atoms with E-state index >= 15 is 0 Å². The number of nitrogens with one attached hydrogen (secondary N) is 1. The molecule has 11 heteroatoms. The van der Waals surface area contributed by atoms with Crippen molar-refractivity contribution in [3.05, 3.63) is 65.5 Å². The van der Waals surface area contributed by atoms with Gasteiger partial charge < -0.3 is 15.0 Å². The topological polar surface area (TPSA) is 113 Å². The molecule has 0 aliphatic heterocycles. The van der Waals surface area contributed by atoms with E-state index in [-0.39, 0.29) is 22.8 Å². The first-order chi connectivity index (χ1) is 16.1. The number of halogens is 1. The number of rotatable bonds is 11. The number of benzene rings is 2. The largest absolute Gasteiger partial charge is 0.454 e. The highest BCUT2D eigenvalue weighted by Gasteiger charge is 2.22. The fourth-order valence-corrected chi connectivity index (χ4v) is 4.46. The van der Waals surface area contributed by atoms with E-state index in [1.54, 1.807) is 26.0 Å². The van der Waals surface area contributed by atoms with E-state index in [0.717, 1.165) is 0 Å². The van der Waals surface area contributed by atoms with Gasteiger partial charge in [-0.15, -0.1) is 0 Å². The Morgan fingerprint density at radius 2 is 1.56 bits per heavy atom. The third kappa shape index (κ3) is 7.35. The summed E-state index contributed by atoms with van der Waals surface area (Å²) in [5.41, 5.74) is 0.883. The predicted molar refractivity (Wildman–Crippen MR) is 123 cm³/mol. The molecule has 0 saturated heterocycles. The SMILES string of the molecule is CCN(CC)S(=O)(=O)c1ccc(C(=O)NCC(=O)OCC(=O)N(C)Cc2ccc(F)cc2)cc1. The Balaban J connectivity index is 1.81. The van der Waals surface area contributed by atoms with Crippen LogP contribution in [0.1, 0.15) is 29.8 Å². The molecule has 0 radical (unpaired) electrons. The molecule has 34 heavy (non-hydrogen) atoms. The zero-order valence-corrected chi connectivity index (χ0v) is 20.1. The number of hydrogen-bond acceptors (Lipinski definition) is 6. The van der Waals surface area contributed by atoms with Crippen LogP contribution in [0.4, 0.5) is 4.39 Å². The molecule has 0 fully saturated rings. The van der Waals surface area contributed by atoms with Crippen molar-refractivity contribution in [2.45, 2.75) is 25.3 Å². The number of esters is 1. The van der Waals surface area contributed by atoms with E-state index in [2.05, 4.69) is 5.32 Å². The second kappa shape index (κ2) is 12.2. The first-order valence-corrected chi connectivity index (χ1v) is 12.0. The molecule has 0 heterocycles. The van der Waals surface area contributed by atoms with Gasteiger partial charge in [0.2, 0.25) is 10.0 Å². The van der Waals surface area contributed by atoms with E-state index in [4.69, 9.17) is 4.74 Å². The summed E-state index contributed by atoms with van der Waals surface area (Å²) in [4.78, 5) is 37.7. The molecule has 0 bridgehead atoms. The maximum Gasteiger partial charge on any atom is 0.325 e. The third-order valence-corrected chi connectivity index (χ3v) is 7.03. The summed E-state index contributed by atoms with van der Waals surface area (Å²) in [7, 11) is -2.12. The van der Waals surface area contributed by atoms with E-state index in [1.165, 1.54) is 52.7 Å². The molecular formula is C23H28FN3O6S. The zero-order valence-electron chi connectivity index (χ0n) is 19.3. The highest BCUT2D eigenvalue weighted by atomic mass is 32.2. The average Bonchev–Trinajstić information content (AvgIpc) is 2.83. The average molecular weight is 494 g/mol. The zero-order chi connectivity index (χ0) is 25.3. The normalized spacial score (nSPS) is 11.2. The molecule has 0 aromatic heterocycles. The molecule has 1 N–H and O–H groups in total. The minimum Gasteiger partial charge on any atom is -0.454 e. The van der Waals surface area contributed by atoms with Crippen molar-refractivity contribution in [3.8, 4) is 0 Å². The van der Waals surface area contributed by atoms with Gasteiger partial charge in [0.25, 0.3) is 11.8 Å². The van der Waals surface area contributed by atoms with Crippen LogP contribution in [0.25, 0.3) is 0 Å². The highest BCUT2D eigenvalue weighted by molar-refractivity contribution is 7.89. The maximum absolute atomic E-state index is 13.0. The fraction of sp³-hybridized carbons (Fsp3) is 0.348. The molecule has 2 aromatic rings. The van der Waals surface area contributed by atoms with Crippen LogP contribution in [0.3, 0.4) is 0 Å². The minimum absolute atomic E-state index is 0.0652. The lowest BCUT2D eigenvalue weighted by molar-refractivity contribution is -0.150. The molecule has 0 atom stereocenters. The van der Waals surface area contributed by atoms with Crippen molar-refractivity contribution >= 4 is 27.8 Å². The van der Waals surface area contributed by atoms with Crippen LogP contribution in [0.2, 0.25) is 0 Å². The molecule has 9 nitrogen and oxygen atoms in total. The molecule has 2 aromatic carbocycles. The lowest BCUT2D eigenvalue weighted by Crippen LogP contribution is -2.34. The lowest BCUT2D eigenvalue weighted by Gasteiger charge is -2.18. The number of amides is 2. The van der Waals surface area contributed by atoms with Crippen molar-refractivity contribution in [3.63, 3.8) is 0 Å². The Bertz CT molecular complexity index is 1100. The van der Waals surface area contributed by atoms with Gasteiger partial charge in [-0.25, -0.2) is 12.8 Å². The smallest absolute Gasteiger partial charge is 0.325 e. The predicted octanol–water partition coefficient (Wildman–Crippen LogP) is 1.79. The van der Waals surface area contributed by atoms with Crippen LogP contribution in [-0.2, 0) is 30.9 Å². The second-order valence-corrected chi connectivity index (χ2v) is 9.27. The standard InChI is InChI=1S/C23H28FN3O6S/c1-4-27(5-2)34(31,32)20-12-8-18(9-13-20)23(30)25-14-22(29)33-16-21(28)26(3)15-17-6-10-19(24)11-7-17/h6-13H,4-5,14-16H2,1-3H3,(H,25,30). The minimum atomic E-state index is -3.64. The van der Waals surface area contributed by atoms with Gasteiger partial charge >= 0.3 is 5.97 Å². The Morgan fingerprint density at radius 1 is 0.971 bits per heavy atom. The van der Waals surface area contributed by atoms with Gasteiger partial charge in [-0.1, -0.05) is 26.0 Å². The fourth-order valence-electron chi connectivity index (χ4n) is 3.00. The summed E-state index contributed by atoms with van der Waals surface area (Å²) in [6, 6.07) is 11.0. The Labute approximate surface area is 198 Å². The van der Waals surface area contributed by atoms with Gasteiger partial charge in [0, 0.05) is 32.2 Å². The van der Waals surface area contributed by atoms with Crippen LogP contribution < -0.4 is 5.32 Å². The molecular weight excluding hydrogens is 465 g/mol. The first kappa shape index (κ1) is 26.9. The van der Waals surface area contributed by atoms with Crippen molar-refractivity contribution < 1.29 is 31.9 Å². The molecule has 2 rings (SSSR count). The number of nitrogens with zero attached hydrogens (tertiary/aromatic N) is 2. The Morgan fingerprint density at radius 3 is 2.12 bits per heavy atom. The molecule has 0 aliphatic carbocycles. The molecule has 2 amide bonds. The van der Waals surface area contributed by atoms with Crippen molar-refractivity contribution in [1.29, 1.82) is 0 Å². The molecule has 0 unspecified atom stereocenters. The summed E-state index contributed by atoms with van der Waals surface area (Å²) < 4.78 is 44.2. The Hall–Kier alpha value is -3.31. The van der Waals surface area contributed by atoms with Crippen molar-refractivity contribution in [2.75, 3.05) is 33.3 Å². The van der Waals surface area contributed by atoms with E-state index in [9.17, 15) is 27.2 Å². The van der Waals surface area contributed by atoms with Gasteiger partial charge in [-0.05, 0) is 42.0 Å². The summed E-state index contributed by atoms with van der Waals surface area (Å²) in [5.74, 6) is -2.25. The molecule has 184 valence electrons. The third-order valence-electron chi connectivity index (χ3n) is 4.97. The van der Waals surface area contributed by atoms with E-state index in [1.807, 2.05) is 0 Å². The Kier molecular flexibility index (Phi) is 9.69. The van der Waals surface area contributed by atoms with Crippen LogP contribution in [0, 0.1) is 5.82 Å². The lowest BCUT2D eigenvalue weighted by atomic mass is 10.2. The number of ether oxygens (including phenoxy) is 1. The maximum atomic E-state index is 13.0. The summed E-state index contributed by atoms with van der Waals surface area (Å²) in [5, 5.41) is 2.37. The summed E-state index contributed by atoms with van der Waals surface area (Å²) in [6.45, 7) is 3.37. The van der Waals surface area contributed by atoms with Crippen LogP contribution in [0.15, 0.2) is 53.4 Å². The highest BCUT2D eigenvalue weighted by Crippen LogP contribution is 2.16. The molecule has 0 spiro atoms. The number of hydrogen-bond donors (Lipinski definition) is 1. The van der Waals surface area contributed by atoms with Crippen molar-refractivity contribution in [2.24, 2.45) is 0 Å². The number of carbonyl (C=O) groups excluding carboxylic acids is 3. The van der Waals surface area contributed by atoms with Gasteiger partial charge in [0.15, 0.2) is 6.61 Å². The van der Waals surface area contributed by atoms with Gasteiger partial charge in [-0.3, -0.25) is 14.4 Å². The number of likely N-dealkylation sites (N-methyl/N-ethyl adjacent to an activating group) is 1. The van der Waals surface area contributed by atoms with Gasteiger partial charge in [0.1, 0.15) is 12.4 Å². The number of carbonyl (C=O) groups is 3. The summed E-state index contributed by atoms with van der Waals surface area (Å²) >= 11 is 0. The quantitative estimate of drug-likeness (QED) is 0.478. The number of sulfonamides is 1. The first-order valence-electron chi connectivity index (χ1n) is 10.6. The summed E-state index contributed by atoms with van der Waals surface area (Å²) in [6.07, 6.45) is 0. The van der Waals surface area contributed by atoms with E-state index < -0.39 is 41.0 Å². The van der Waals surface area contributed by atoms with Gasteiger partial charge in [0.05, 0.1) is 4.90 Å². The van der Waals surface area contributed by atoms with Crippen LogP contribution >= 0.6 is 0 Å². The molecule has 0 aliphatic rings. The molecule has 0 saturated carbocycles.